The SMILES string of the molecule is COc1nc(Cl)nc(N(C)c2ccc3c(O)c(N=Nc4ccc5c(S(=O)(=O)[O-])cccc5c4S(=O)(=O)[O-])c(S(=O)(=O)[O-])cc3c2)n1.[Na+].[Na+].[Na+]. The number of benzene rings is 4. The number of anilines is 2. The number of phenolic OH excluding ortho intramolecular Hbond substituents is 1. The first-order valence-corrected chi connectivity index (χ1v) is 16.8. The topological polar surface area (TPSA) is 268 Å². The second kappa shape index (κ2) is 16.4. The minimum absolute atomic E-state index is 0. The molecular formula is C25H16ClN6Na3O11S3. The molecule has 1 heterocycles. The molecular weight excluding hydrogens is 761 g/mol. The van der Waals surface area contributed by atoms with Crippen LogP contribution in [0.4, 0.5) is 23.0 Å². The van der Waals surface area contributed by atoms with Crippen molar-refractivity contribution in [3.05, 3.63) is 59.9 Å². The van der Waals surface area contributed by atoms with Crippen LogP contribution in [0.2, 0.25) is 5.28 Å². The normalized spacial score (nSPS) is 11.9. The third-order valence-electron chi connectivity index (χ3n) is 6.48. The van der Waals surface area contributed by atoms with Gasteiger partial charge in [-0.05, 0) is 53.4 Å². The van der Waals surface area contributed by atoms with Crippen LogP contribution in [0.3, 0.4) is 0 Å². The Kier molecular flexibility index (Phi) is 14.6. The van der Waals surface area contributed by atoms with Crippen LogP contribution in [-0.4, -0.2) is 73.1 Å². The quantitative estimate of drug-likeness (QED) is 0.0875. The zero-order valence-electron chi connectivity index (χ0n) is 26.0. The molecule has 5 rings (SSSR count). The van der Waals surface area contributed by atoms with Crippen molar-refractivity contribution in [2.45, 2.75) is 14.7 Å². The summed E-state index contributed by atoms with van der Waals surface area (Å²) in [4.78, 5) is 10.3. The number of azo groups is 1. The molecule has 0 saturated heterocycles. The zero-order chi connectivity index (χ0) is 33.8. The molecule has 1 aromatic heterocycles. The molecule has 0 fully saturated rings. The Morgan fingerprint density at radius 2 is 1.41 bits per heavy atom. The van der Waals surface area contributed by atoms with Crippen molar-refractivity contribution in [2.75, 3.05) is 19.1 Å². The van der Waals surface area contributed by atoms with Gasteiger partial charge in [0.15, 0.2) is 5.75 Å². The van der Waals surface area contributed by atoms with Crippen molar-refractivity contribution in [3.63, 3.8) is 0 Å². The maximum Gasteiger partial charge on any atom is 1.00 e. The fraction of sp³-hybridized carbons (Fsp3) is 0.0800. The van der Waals surface area contributed by atoms with Gasteiger partial charge in [-0.15, -0.1) is 10.2 Å². The molecule has 24 heteroatoms. The fourth-order valence-corrected chi connectivity index (χ4v) is 6.77. The predicted octanol–water partition coefficient (Wildman–Crippen LogP) is -5.55. The number of halogens is 1. The van der Waals surface area contributed by atoms with Gasteiger partial charge in [-0.25, -0.2) is 25.3 Å². The van der Waals surface area contributed by atoms with Gasteiger partial charge in [0.1, 0.15) is 41.7 Å². The molecule has 0 aliphatic rings. The number of aromatic hydroxyl groups is 1. The van der Waals surface area contributed by atoms with Gasteiger partial charge in [-0.3, -0.25) is 0 Å². The molecule has 0 unspecified atom stereocenters. The number of phenols is 1. The number of hydrogen-bond donors (Lipinski definition) is 1. The van der Waals surface area contributed by atoms with Crippen LogP contribution in [0.5, 0.6) is 11.8 Å². The van der Waals surface area contributed by atoms with E-state index in [1.807, 2.05) is 0 Å². The number of rotatable bonds is 8. The Bertz CT molecular complexity index is 2460. The zero-order valence-corrected chi connectivity index (χ0v) is 35.2. The average Bonchev–Trinajstić information content (AvgIpc) is 2.97. The van der Waals surface area contributed by atoms with Crippen LogP contribution in [0.1, 0.15) is 0 Å². The van der Waals surface area contributed by atoms with Gasteiger partial charge in [0.2, 0.25) is 11.2 Å². The Hall–Kier alpha value is -1.57. The Morgan fingerprint density at radius 1 is 0.776 bits per heavy atom. The second-order valence-electron chi connectivity index (χ2n) is 9.25. The standard InChI is InChI=1S/C25H19ClN6O11S3.3Na/c1-32(24-27-23(26)28-25(29-24)43-2)13-6-7-14-12(10-13)11-19(45(37,38)39)20(21(14)33)31-30-17-9-8-15-16(22(17)46(40,41)42)4-3-5-18(15)44(34,35)36;;;/h3-11,33H,1-2H3,(H,34,35,36)(H,37,38,39)(H,40,41,42);;;/q;3*+1/p-3. The largest absolute Gasteiger partial charge is 1.00 e. The van der Waals surface area contributed by atoms with E-state index in [9.17, 15) is 44.0 Å². The molecule has 4 aromatic carbocycles. The molecule has 1 N–H and O–H groups in total. The summed E-state index contributed by atoms with van der Waals surface area (Å²) in [6, 6.07) is 9.79. The van der Waals surface area contributed by atoms with Crippen LogP contribution in [0, 0.1) is 0 Å². The number of fused-ring (bicyclic) bond motifs is 2. The fourth-order valence-electron chi connectivity index (χ4n) is 4.47. The molecule has 5 aromatic rings. The summed E-state index contributed by atoms with van der Waals surface area (Å²) in [6.07, 6.45) is 0. The van der Waals surface area contributed by atoms with E-state index < -0.39 is 72.9 Å². The Morgan fingerprint density at radius 3 is 2.00 bits per heavy atom. The summed E-state index contributed by atoms with van der Waals surface area (Å²) in [7, 11) is -13.1. The first kappa shape index (κ1) is 43.6. The van der Waals surface area contributed by atoms with E-state index in [-0.39, 0.29) is 117 Å². The van der Waals surface area contributed by atoms with E-state index in [1.165, 1.54) is 37.3 Å². The van der Waals surface area contributed by atoms with E-state index in [4.69, 9.17) is 16.3 Å². The van der Waals surface area contributed by atoms with E-state index in [1.54, 1.807) is 0 Å². The number of methoxy groups -OCH3 is 1. The number of hydrogen-bond acceptors (Lipinski definition) is 17. The van der Waals surface area contributed by atoms with E-state index in [2.05, 4.69) is 25.2 Å². The molecule has 0 aliphatic carbocycles. The minimum Gasteiger partial charge on any atom is -0.744 e. The van der Waals surface area contributed by atoms with E-state index >= 15 is 0 Å². The summed E-state index contributed by atoms with van der Waals surface area (Å²) in [5, 5.41) is 17.2. The van der Waals surface area contributed by atoms with Crippen LogP contribution >= 0.6 is 11.6 Å². The molecule has 49 heavy (non-hydrogen) atoms. The van der Waals surface area contributed by atoms with Crippen molar-refractivity contribution in [3.8, 4) is 11.8 Å². The monoisotopic (exact) mass is 776 g/mol. The Labute approximate surface area is 350 Å². The van der Waals surface area contributed by atoms with Crippen LogP contribution in [0.25, 0.3) is 21.5 Å². The van der Waals surface area contributed by atoms with Gasteiger partial charge < -0.3 is 28.4 Å². The summed E-state index contributed by atoms with van der Waals surface area (Å²) in [6.45, 7) is 0. The predicted molar refractivity (Wildman–Crippen MR) is 157 cm³/mol. The third-order valence-corrected chi connectivity index (χ3v) is 9.32. The molecule has 0 amide bonds. The van der Waals surface area contributed by atoms with Gasteiger partial charge in [0.25, 0.3) is 0 Å². The van der Waals surface area contributed by atoms with Crippen molar-refractivity contribution >= 4 is 86.5 Å². The molecule has 0 saturated carbocycles. The first-order chi connectivity index (χ1) is 21.4. The number of ether oxygens (including phenoxy) is 1. The van der Waals surface area contributed by atoms with Gasteiger partial charge >= 0.3 is 94.7 Å². The third kappa shape index (κ3) is 9.27. The van der Waals surface area contributed by atoms with Crippen molar-refractivity contribution in [2.24, 2.45) is 10.2 Å². The molecule has 0 spiro atoms. The molecule has 240 valence electrons. The molecule has 0 atom stereocenters. The van der Waals surface area contributed by atoms with Crippen LogP contribution < -0.4 is 98.3 Å². The van der Waals surface area contributed by atoms with Gasteiger partial charge in [0, 0.05) is 28.9 Å². The van der Waals surface area contributed by atoms with Crippen molar-refractivity contribution < 1.29 is 137 Å². The molecule has 17 nitrogen and oxygen atoms in total. The second-order valence-corrected chi connectivity index (χ2v) is 13.6. The molecule has 0 aliphatic heterocycles. The molecule has 0 radical (unpaired) electrons. The van der Waals surface area contributed by atoms with E-state index in [0.29, 0.717) is 5.69 Å². The Balaban J connectivity index is 0.00000278. The van der Waals surface area contributed by atoms with Gasteiger partial charge in [0.05, 0.1) is 21.8 Å². The smallest absolute Gasteiger partial charge is 0.744 e. The maximum absolute atomic E-state index is 12.3. The minimum atomic E-state index is -5.43. The summed E-state index contributed by atoms with van der Waals surface area (Å²) < 4.78 is 114. The summed E-state index contributed by atoms with van der Waals surface area (Å²) in [5.41, 5.74) is -1.26. The van der Waals surface area contributed by atoms with Gasteiger partial charge in [-0.1, -0.05) is 18.2 Å². The van der Waals surface area contributed by atoms with Crippen molar-refractivity contribution in [1.29, 1.82) is 0 Å². The van der Waals surface area contributed by atoms with Crippen LogP contribution in [0.15, 0.2) is 79.5 Å². The number of nitrogens with zero attached hydrogens (tertiary/aromatic N) is 6. The first-order valence-electron chi connectivity index (χ1n) is 12.2. The summed E-state index contributed by atoms with van der Waals surface area (Å²) >= 11 is 5.92. The molecule has 0 bridgehead atoms. The van der Waals surface area contributed by atoms with Crippen LogP contribution in [-0.2, 0) is 30.4 Å². The number of aromatic nitrogens is 3. The summed E-state index contributed by atoms with van der Waals surface area (Å²) in [5.74, 6) is -0.816. The maximum atomic E-state index is 12.3. The van der Waals surface area contributed by atoms with E-state index in [0.717, 1.165) is 36.4 Å². The van der Waals surface area contributed by atoms with Gasteiger partial charge in [-0.2, -0.15) is 15.0 Å². The average molecular weight is 777 g/mol. The van der Waals surface area contributed by atoms with Crippen molar-refractivity contribution in [1.82, 2.24) is 15.0 Å².